The fourth-order valence-corrected chi connectivity index (χ4v) is 1.21. The van der Waals surface area contributed by atoms with E-state index in [0.717, 1.165) is 13.0 Å². The molecular formula is C8H15N3. The molecule has 1 aromatic rings. The Morgan fingerprint density at radius 1 is 1.73 bits per heavy atom. The maximum atomic E-state index is 5.45. The van der Waals surface area contributed by atoms with E-state index in [1.807, 2.05) is 12.5 Å². The third-order valence-corrected chi connectivity index (χ3v) is 1.92. The average molecular weight is 153 g/mol. The predicted molar refractivity (Wildman–Crippen MR) is 45.3 cm³/mol. The molecule has 0 saturated heterocycles. The van der Waals surface area contributed by atoms with E-state index >= 15 is 0 Å². The summed E-state index contributed by atoms with van der Waals surface area (Å²) in [5.74, 6) is 0. The summed E-state index contributed by atoms with van der Waals surface area (Å²) in [6.07, 6.45) is 4.74. The van der Waals surface area contributed by atoms with E-state index in [1.54, 1.807) is 0 Å². The van der Waals surface area contributed by atoms with Gasteiger partial charge < -0.3 is 10.3 Å². The number of hydrogen-bond acceptors (Lipinski definition) is 2. The van der Waals surface area contributed by atoms with Gasteiger partial charge in [-0.25, -0.2) is 4.98 Å². The molecule has 0 bridgehead atoms. The number of nitrogens with zero attached hydrogens (tertiary/aromatic N) is 2. The van der Waals surface area contributed by atoms with Crippen molar-refractivity contribution in [2.24, 2.45) is 5.73 Å². The Hall–Kier alpha value is -0.830. The standard InChI is InChI=1S/C8H15N3/c1-7(3-4-9)11-6-10-5-8(11)2/h5-7H,3-4,9H2,1-2H3. The Morgan fingerprint density at radius 2 is 2.45 bits per heavy atom. The molecule has 11 heavy (non-hydrogen) atoms. The van der Waals surface area contributed by atoms with E-state index in [2.05, 4.69) is 23.4 Å². The molecule has 62 valence electrons. The Morgan fingerprint density at radius 3 is 2.91 bits per heavy atom. The summed E-state index contributed by atoms with van der Waals surface area (Å²) >= 11 is 0. The maximum Gasteiger partial charge on any atom is 0.0950 e. The smallest absolute Gasteiger partial charge is 0.0950 e. The lowest BCUT2D eigenvalue weighted by atomic mass is 10.2. The van der Waals surface area contributed by atoms with Gasteiger partial charge in [0.15, 0.2) is 0 Å². The summed E-state index contributed by atoms with van der Waals surface area (Å²) in [4.78, 5) is 4.05. The molecule has 1 atom stereocenters. The average Bonchev–Trinajstić information content (AvgIpc) is 2.36. The van der Waals surface area contributed by atoms with Crippen LogP contribution in [0.2, 0.25) is 0 Å². The van der Waals surface area contributed by atoms with Crippen LogP contribution >= 0.6 is 0 Å². The largest absolute Gasteiger partial charge is 0.332 e. The zero-order chi connectivity index (χ0) is 8.27. The van der Waals surface area contributed by atoms with Crippen LogP contribution in [0.4, 0.5) is 0 Å². The first kappa shape index (κ1) is 8.27. The lowest BCUT2D eigenvalue weighted by Gasteiger charge is -2.13. The Balaban J connectivity index is 2.67. The summed E-state index contributed by atoms with van der Waals surface area (Å²) in [6.45, 7) is 4.94. The summed E-state index contributed by atoms with van der Waals surface area (Å²) in [7, 11) is 0. The molecular weight excluding hydrogens is 138 g/mol. The van der Waals surface area contributed by atoms with Crippen molar-refractivity contribution in [1.29, 1.82) is 0 Å². The lowest BCUT2D eigenvalue weighted by molar-refractivity contribution is 0.504. The molecule has 3 heteroatoms. The molecule has 0 saturated carbocycles. The lowest BCUT2D eigenvalue weighted by Crippen LogP contribution is -2.11. The number of aryl methyl sites for hydroxylation is 1. The highest BCUT2D eigenvalue weighted by atomic mass is 15.1. The molecule has 3 nitrogen and oxygen atoms in total. The maximum absolute atomic E-state index is 5.45. The van der Waals surface area contributed by atoms with Crippen LogP contribution in [0.5, 0.6) is 0 Å². The first-order valence-corrected chi connectivity index (χ1v) is 3.94. The molecule has 0 spiro atoms. The molecule has 0 amide bonds. The first-order chi connectivity index (χ1) is 5.25. The highest BCUT2D eigenvalue weighted by Crippen LogP contribution is 2.11. The number of aromatic nitrogens is 2. The van der Waals surface area contributed by atoms with Crippen molar-refractivity contribution >= 4 is 0 Å². The monoisotopic (exact) mass is 153 g/mol. The van der Waals surface area contributed by atoms with Crippen LogP contribution in [0.25, 0.3) is 0 Å². The third-order valence-electron chi connectivity index (χ3n) is 1.92. The van der Waals surface area contributed by atoms with E-state index in [0.29, 0.717) is 6.04 Å². The number of rotatable bonds is 3. The fraction of sp³-hybridized carbons (Fsp3) is 0.625. The molecule has 0 aromatic carbocycles. The zero-order valence-electron chi connectivity index (χ0n) is 7.12. The van der Waals surface area contributed by atoms with Crippen LogP contribution in [-0.2, 0) is 0 Å². The molecule has 0 radical (unpaired) electrons. The van der Waals surface area contributed by atoms with Crippen molar-refractivity contribution in [3.05, 3.63) is 18.2 Å². The molecule has 1 aromatic heterocycles. The highest BCUT2D eigenvalue weighted by Gasteiger charge is 2.04. The van der Waals surface area contributed by atoms with Crippen LogP contribution in [-0.4, -0.2) is 16.1 Å². The van der Waals surface area contributed by atoms with Crippen molar-refractivity contribution in [2.75, 3.05) is 6.54 Å². The molecule has 1 rings (SSSR count). The molecule has 1 unspecified atom stereocenters. The SMILES string of the molecule is Cc1cncn1C(C)CCN. The van der Waals surface area contributed by atoms with Crippen molar-refractivity contribution in [2.45, 2.75) is 26.3 Å². The van der Waals surface area contributed by atoms with Gasteiger partial charge in [-0.2, -0.15) is 0 Å². The van der Waals surface area contributed by atoms with E-state index in [4.69, 9.17) is 5.73 Å². The van der Waals surface area contributed by atoms with E-state index in [1.165, 1.54) is 5.69 Å². The van der Waals surface area contributed by atoms with Crippen molar-refractivity contribution in [1.82, 2.24) is 9.55 Å². The van der Waals surface area contributed by atoms with Gasteiger partial charge in [0.25, 0.3) is 0 Å². The second-order valence-electron chi connectivity index (χ2n) is 2.87. The molecule has 0 aliphatic carbocycles. The normalized spacial score (nSPS) is 13.4. The minimum Gasteiger partial charge on any atom is -0.332 e. The van der Waals surface area contributed by atoms with Gasteiger partial charge in [-0.05, 0) is 26.8 Å². The summed E-state index contributed by atoms with van der Waals surface area (Å²) < 4.78 is 2.15. The van der Waals surface area contributed by atoms with E-state index in [9.17, 15) is 0 Å². The van der Waals surface area contributed by atoms with Gasteiger partial charge in [0.05, 0.1) is 6.33 Å². The van der Waals surface area contributed by atoms with Gasteiger partial charge in [0.2, 0.25) is 0 Å². The van der Waals surface area contributed by atoms with Gasteiger partial charge in [-0.1, -0.05) is 0 Å². The summed E-state index contributed by atoms with van der Waals surface area (Å²) in [6, 6.07) is 0.475. The number of hydrogen-bond donors (Lipinski definition) is 1. The van der Waals surface area contributed by atoms with Crippen molar-refractivity contribution in [3.63, 3.8) is 0 Å². The van der Waals surface area contributed by atoms with Crippen LogP contribution in [0.15, 0.2) is 12.5 Å². The van der Waals surface area contributed by atoms with Crippen LogP contribution < -0.4 is 5.73 Å². The van der Waals surface area contributed by atoms with Gasteiger partial charge in [0.1, 0.15) is 0 Å². The molecule has 1 heterocycles. The van der Waals surface area contributed by atoms with Crippen LogP contribution in [0.1, 0.15) is 25.1 Å². The quantitative estimate of drug-likeness (QED) is 0.706. The molecule has 0 fully saturated rings. The van der Waals surface area contributed by atoms with Gasteiger partial charge >= 0.3 is 0 Å². The predicted octanol–water partition coefficient (Wildman–Crippen LogP) is 1.10. The van der Waals surface area contributed by atoms with Gasteiger partial charge in [0, 0.05) is 17.9 Å². The third kappa shape index (κ3) is 1.80. The Labute approximate surface area is 67.2 Å². The van der Waals surface area contributed by atoms with Crippen LogP contribution in [0, 0.1) is 6.92 Å². The number of imidazole rings is 1. The van der Waals surface area contributed by atoms with Crippen molar-refractivity contribution < 1.29 is 0 Å². The minimum absolute atomic E-state index is 0.475. The molecule has 0 aliphatic rings. The topological polar surface area (TPSA) is 43.8 Å². The summed E-state index contributed by atoms with van der Waals surface area (Å²) in [5, 5.41) is 0. The fourth-order valence-electron chi connectivity index (χ4n) is 1.21. The zero-order valence-corrected chi connectivity index (χ0v) is 7.12. The Bertz CT molecular complexity index is 217. The second kappa shape index (κ2) is 3.53. The molecule has 2 N–H and O–H groups in total. The molecule has 0 aliphatic heterocycles. The Kier molecular flexibility index (Phi) is 2.65. The van der Waals surface area contributed by atoms with E-state index < -0.39 is 0 Å². The van der Waals surface area contributed by atoms with Crippen molar-refractivity contribution in [3.8, 4) is 0 Å². The van der Waals surface area contributed by atoms with Gasteiger partial charge in [-0.3, -0.25) is 0 Å². The van der Waals surface area contributed by atoms with Gasteiger partial charge in [-0.15, -0.1) is 0 Å². The first-order valence-electron chi connectivity index (χ1n) is 3.94. The highest BCUT2D eigenvalue weighted by molar-refractivity contribution is 4.96. The van der Waals surface area contributed by atoms with E-state index in [-0.39, 0.29) is 0 Å². The van der Waals surface area contributed by atoms with Crippen LogP contribution in [0.3, 0.4) is 0 Å². The second-order valence-corrected chi connectivity index (χ2v) is 2.87. The minimum atomic E-state index is 0.475. The number of nitrogens with two attached hydrogens (primary N) is 1. The summed E-state index contributed by atoms with van der Waals surface area (Å²) in [5.41, 5.74) is 6.65.